The van der Waals surface area contributed by atoms with Crippen LogP contribution < -0.4 is 0 Å². The van der Waals surface area contributed by atoms with Gasteiger partial charge in [0.05, 0.1) is 0 Å². The minimum absolute atomic E-state index is 0.0983. The van der Waals surface area contributed by atoms with E-state index in [9.17, 15) is 19.2 Å². The lowest BCUT2D eigenvalue weighted by atomic mass is 9.84. The summed E-state index contributed by atoms with van der Waals surface area (Å²) in [7, 11) is 0. The first-order chi connectivity index (χ1) is 17.6. The summed E-state index contributed by atoms with van der Waals surface area (Å²) in [6.07, 6.45) is 14.3. The number of benzene rings is 2. The van der Waals surface area contributed by atoms with Gasteiger partial charge in [-0.2, -0.15) is 0 Å². The summed E-state index contributed by atoms with van der Waals surface area (Å²) in [6.45, 7) is 0. The zero-order valence-corrected chi connectivity index (χ0v) is 20.9. The van der Waals surface area contributed by atoms with E-state index in [2.05, 4.69) is 0 Å². The summed E-state index contributed by atoms with van der Waals surface area (Å²) in [4.78, 5) is 57.8. The second-order valence-electron chi connectivity index (χ2n) is 11.0. The first-order valence-electron chi connectivity index (χ1n) is 13.9. The van der Waals surface area contributed by atoms with Crippen LogP contribution in [-0.4, -0.2) is 45.5 Å². The summed E-state index contributed by atoms with van der Waals surface area (Å²) < 4.78 is 0. The van der Waals surface area contributed by atoms with Crippen molar-refractivity contribution in [1.29, 1.82) is 0 Å². The van der Waals surface area contributed by atoms with Crippen LogP contribution in [0, 0.1) is 0 Å². The Kier molecular flexibility index (Phi) is 6.14. The van der Waals surface area contributed by atoms with Crippen LogP contribution in [-0.2, 0) is 0 Å². The molecule has 0 aromatic heterocycles. The molecule has 36 heavy (non-hydrogen) atoms. The third kappa shape index (κ3) is 3.68. The molecule has 2 aliphatic heterocycles. The predicted octanol–water partition coefficient (Wildman–Crippen LogP) is 6.26. The van der Waals surface area contributed by atoms with Crippen LogP contribution in [0.5, 0.6) is 0 Å². The molecule has 2 heterocycles. The Morgan fingerprint density at radius 3 is 0.944 bits per heavy atom. The van der Waals surface area contributed by atoms with Crippen LogP contribution in [0.3, 0.4) is 0 Å². The van der Waals surface area contributed by atoms with Crippen LogP contribution in [0.2, 0.25) is 0 Å². The van der Waals surface area contributed by atoms with Crippen molar-refractivity contribution in [2.45, 2.75) is 102 Å². The van der Waals surface area contributed by atoms with Gasteiger partial charge in [0.1, 0.15) is 0 Å². The highest BCUT2D eigenvalue weighted by molar-refractivity contribution is 6.33. The van der Waals surface area contributed by atoms with Gasteiger partial charge >= 0.3 is 0 Å². The molecule has 6 rings (SSSR count). The number of amides is 4. The highest BCUT2D eigenvalue weighted by atomic mass is 16.2. The Morgan fingerprint density at radius 1 is 0.417 bits per heavy atom. The third-order valence-corrected chi connectivity index (χ3v) is 8.84. The van der Waals surface area contributed by atoms with E-state index in [0.29, 0.717) is 33.0 Å². The lowest BCUT2D eigenvalue weighted by molar-refractivity contribution is 0.0491. The molecule has 0 unspecified atom stereocenters. The molecule has 6 heteroatoms. The molecular formula is C30H34N2O4. The Bertz CT molecular complexity index is 1080. The molecule has 2 aromatic carbocycles. The molecule has 4 amide bonds. The molecule has 2 fully saturated rings. The van der Waals surface area contributed by atoms with Crippen molar-refractivity contribution >= 4 is 34.4 Å². The zero-order valence-electron chi connectivity index (χ0n) is 20.9. The van der Waals surface area contributed by atoms with Crippen LogP contribution in [0.1, 0.15) is 131 Å². The zero-order chi connectivity index (χ0) is 24.8. The van der Waals surface area contributed by atoms with Gasteiger partial charge < -0.3 is 0 Å². The third-order valence-electron chi connectivity index (χ3n) is 8.84. The van der Waals surface area contributed by atoms with Crippen molar-refractivity contribution in [3.05, 3.63) is 46.5 Å². The molecule has 0 bridgehead atoms. The molecule has 0 N–H and O–H groups in total. The second kappa shape index (κ2) is 9.45. The fourth-order valence-corrected chi connectivity index (χ4v) is 6.96. The van der Waals surface area contributed by atoms with Crippen molar-refractivity contribution in [2.75, 3.05) is 0 Å². The van der Waals surface area contributed by atoms with E-state index >= 15 is 0 Å². The number of hydrogen-bond donors (Lipinski definition) is 0. The minimum Gasteiger partial charge on any atom is -0.271 e. The SMILES string of the molecule is O=C1c2ccc3c4c(ccc(c24)C(=O)N1C1CCCCCCC1)C(=O)N(C1CCCCCCC1)C3=O. The van der Waals surface area contributed by atoms with E-state index in [0.717, 1.165) is 77.0 Å². The monoisotopic (exact) mass is 486 g/mol. The van der Waals surface area contributed by atoms with Gasteiger partial charge in [-0.15, -0.1) is 0 Å². The predicted molar refractivity (Wildman–Crippen MR) is 137 cm³/mol. The molecule has 0 saturated heterocycles. The maximum atomic E-state index is 13.7. The number of carbonyl (C=O) groups is 4. The van der Waals surface area contributed by atoms with Gasteiger partial charge in [-0.1, -0.05) is 64.2 Å². The maximum absolute atomic E-state index is 13.7. The number of rotatable bonds is 2. The van der Waals surface area contributed by atoms with E-state index < -0.39 is 0 Å². The average Bonchev–Trinajstić information content (AvgIpc) is 2.83. The quantitative estimate of drug-likeness (QED) is 0.470. The van der Waals surface area contributed by atoms with E-state index in [1.165, 1.54) is 22.6 Å². The summed E-state index contributed by atoms with van der Waals surface area (Å²) in [5.41, 5.74) is 1.75. The summed E-state index contributed by atoms with van der Waals surface area (Å²) in [6, 6.07) is 6.64. The van der Waals surface area contributed by atoms with Gasteiger partial charge in [-0.25, -0.2) is 0 Å². The lowest BCUT2D eigenvalue weighted by Crippen LogP contribution is -2.49. The Labute approximate surface area is 212 Å². The number of hydrogen-bond acceptors (Lipinski definition) is 4. The van der Waals surface area contributed by atoms with E-state index in [1.54, 1.807) is 24.3 Å². The Morgan fingerprint density at radius 2 is 0.667 bits per heavy atom. The van der Waals surface area contributed by atoms with Crippen molar-refractivity contribution in [3.63, 3.8) is 0 Å². The fraction of sp³-hybridized carbons (Fsp3) is 0.533. The lowest BCUT2D eigenvalue weighted by Gasteiger charge is -2.38. The molecule has 2 aromatic rings. The molecular weight excluding hydrogens is 452 g/mol. The van der Waals surface area contributed by atoms with E-state index in [-0.39, 0.29) is 35.7 Å². The van der Waals surface area contributed by atoms with E-state index in [1.807, 2.05) is 0 Å². The highest BCUT2D eigenvalue weighted by Crippen LogP contribution is 2.40. The fourth-order valence-electron chi connectivity index (χ4n) is 6.96. The van der Waals surface area contributed by atoms with Crippen LogP contribution in [0.15, 0.2) is 24.3 Å². The Balaban J connectivity index is 1.42. The van der Waals surface area contributed by atoms with E-state index in [4.69, 9.17) is 0 Å². The van der Waals surface area contributed by atoms with Crippen LogP contribution in [0.4, 0.5) is 0 Å². The molecule has 188 valence electrons. The maximum Gasteiger partial charge on any atom is 0.261 e. The standard InChI is InChI=1S/C30H34N2O4/c33-27-21-15-17-23-26-24(30(36)32(29(23)35)20-13-9-5-2-6-10-14-20)18-16-22(25(21)26)28(34)31(27)19-11-7-3-1-4-8-12-19/h15-20H,1-14H2. The minimum atomic E-state index is -0.288. The van der Waals surface area contributed by atoms with Gasteiger partial charge in [-0.05, 0) is 49.9 Å². The molecule has 0 spiro atoms. The second-order valence-corrected chi connectivity index (χ2v) is 11.0. The summed E-state index contributed by atoms with van der Waals surface area (Å²) in [5.74, 6) is -1.15. The van der Waals surface area contributed by atoms with Crippen molar-refractivity contribution in [3.8, 4) is 0 Å². The molecule has 6 nitrogen and oxygen atoms in total. The Hall–Kier alpha value is -3.02. The van der Waals surface area contributed by atoms with Crippen molar-refractivity contribution < 1.29 is 19.2 Å². The summed E-state index contributed by atoms with van der Waals surface area (Å²) >= 11 is 0. The molecule has 0 radical (unpaired) electrons. The normalized spacial score (nSPS) is 22.4. The first kappa shape index (κ1) is 23.4. The van der Waals surface area contributed by atoms with Crippen molar-refractivity contribution in [2.24, 2.45) is 0 Å². The van der Waals surface area contributed by atoms with Crippen LogP contribution in [0.25, 0.3) is 10.8 Å². The largest absolute Gasteiger partial charge is 0.271 e. The average molecular weight is 487 g/mol. The highest BCUT2D eigenvalue weighted by Gasteiger charge is 2.43. The smallest absolute Gasteiger partial charge is 0.261 e. The van der Waals surface area contributed by atoms with Gasteiger partial charge in [0.15, 0.2) is 0 Å². The number of nitrogens with zero attached hydrogens (tertiary/aromatic N) is 2. The molecule has 2 saturated carbocycles. The van der Waals surface area contributed by atoms with Gasteiger partial charge in [-0.3, -0.25) is 29.0 Å². The summed E-state index contributed by atoms with van der Waals surface area (Å²) in [5, 5.41) is 0.974. The van der Waals surface area contributed by atoms with Crippen LogP contribution >= 0.6 is 0 Å². The first-order valence-corrected chi connectivity index (χ1v) is 13.9. The molecule has 4 aliphatic rings. The molecule has 0 atom stereocenters. The molecule has 2 aliphatic carbocycles. The number of imide groups is 2. The van der Waals surface area contributed by atoms with Crippen molar-refractivity contribution in [1.82, 2.24) is 9.80 Å². The van der Waals surface area contributed by atoms with Gasteiger partial charge in [0.25, 0.3) is 23.6 Å². The topological polar surface area (TPSA) is 74.8 Å². The van der Waals surface area contributed by atoms with Gasteiger partial charge in [0, 0.05) is 45.1 Å². The van der Waals surface area contributed by atoms with Gasteiger partial charge in [0.2, 0.25) is 0 Å². The number of carbonyl (C=O) groups excluding carboxylic acids is 4.